The molecular formula is C13H14BrNO. The summed E-state index contributed by atoms with van der Waals surface area (Å²) in [6, 6.07) is 10.2. The van der Waals surface area contributed by atoms with Crippen molar-refractivity contribution in [1.29, 1.82) is 0 Å². The molecule has 1 heterocycles. The maximum absolute atomic E-state index is 5.49. The fourth-order valence-electron chi connectivity index (χ4n) is 1.53. The van der Waals surface area contributed by atoms with Gasteiger partial charge in [-0.15, -0.1) is 0 Å². The molecule has 0 spiro atoms. The second kappa shape index (κ2) is 4.74. The fraction of sp³-hybridized carbons (Fsp3) is 0.231. The second-order valence-electron chi connectivity index (χ2n) is 3.85. The Morgan fingerprint density at radius 2 is 2.00 bits per heavy atom. The highest BCUT2D eigenvalue weighted by molar-refractivity contribution is 9.10. The Balaban J connectivity index is 2.04. The zero-order valence-corrected chi connectivity index (χ0v) is 11.0. The van der Waals surface area contributed by atoms with Gasteiger partial charge in [-0.1, -0.05) is 6.07 Å². The van der Waals surface area contributed by atoms with Gasteiger partial charge in [-0.3, -0.25) is 0 Å². The highest BCUT2D eigenvalue weighted by atomic mass is 79.9. The molecule has 0 atom stereocenters. The Hall–Kier alpha value is -1.22. The highest BCUT2D eigenvalue weighted by Gasteiger charge is 2.01. The number of benzene rings is 1. The monoisotopic (exact) mass is 279 g/mol. The molecule has 0 amide bonds. The van der Waals surface area contributed by atoms with Gasteiger partial charge in [0.15, 0.2) is 0 Å². The number of aryl methyl sites for hydroxylation is 2. The van der Waals surface area contributed by atoms with Crippen molar-refractivity contribution in [2.75, 3.05) is 5.32 Å². The summed E-state index contributed by atoms with van der Waals surface area (Å²) in [7, 11) is 0. The van der Waals surface area contributed by atoms with Crippen LogP contribution in [0.2, 0.25) is 0 Å². The number of hydrogen-bond donors (Lipinski definition) is 1. The first-order valence-electron chi connectivity index (χ1n) is 5.20. The summed E-state index contributed by atoms with van der Waals surface area (Å²) in [6.45, 7) is 4.73. The number of anilines is 1. The maximum Gasteiger partial charge on any atom is 0.123 e. The third-order valence-electron chi connectivity index (χ3n) is 2.37. The minimum atomic E-state index is 0.704. The maximum atomic E-state index is 5.49. The molecule has 1 N–H and O–H groups in total. The van der Waals surface area contributed by atoms with Gasteiger partial charge in [0, 0.05) is 10.2 Å². The molecule has 2 nitrogen and oxygen atoms in total. The van der Waals surface area contributed by atoms with E-state index in [0.717, 1.165) is 21.7 Å². The molecule has 2 aromatic rings. The number of nitrogens with one attached hydrogen (secondary N) is 1. The lowest BCUT2D eigenvalue weighted by atomic mass is 10.2. The molecule has 0 aliphatic heterocycles. The summed E-state index contributed by atoms with van der Waals surface area (Å²) >= 11 is 3.53. The van der Waals surface area contributed by atoms with Gasteiger partial charge in [0.25, 0.3) is 0 Å². The Labute approximate surface area is 104 Å². The molecular weight excluding hydrogens is 266 g/mol. The summed E-state index contributed by atoms with van der Waals surface area (Å²) < 4.78 is 6.57. The van der Waals surface area contributed by atoms with Gasteiger partial charge in [0.1, 0.15) is 11.5 Å². The minimum Gasteiger partial charge on any atom is -0.465 e. The second-order valence-corrected chi connectivity index (χ2v) is 4.70. The van der Waals surface area contributed by atoms with Crippen LogP contribution in [0.1, 0.15) is 17.1 Å². The predicted molar refractivity (Wildman–Crippen MR) is 69.7 cm³/mol. The fourth-order valence-corrected chi connectivity index (χ4v) is 2.16. The lowest BCUT2D eigenvalue weighted by Crippen LogP contribution is -1.98. The van der Waals surface area contributed by atoms with E-state index in [2.05, 4.69) is 46.4 Å². The van der Waals surface area contributed by atoms with Crippen molar-refractivity contribution in [2.24, 2.45) is 0 Å². The molecule has 1 aromatic carbocycles. The molecule has 84 valence electrons. The van der Waals surface area contributed by atoms with E-state index >= 15 is 0 Å². The zero-order chi connectivity index (χ0) is 11.5. The quantitative estimate of drug-likeness (QED) is 0.908. The van der Waals surface area contributed by atoms with Crippen molar-refractivity contribution in [1.82, 2.24) is 0 Å². The third kappa shape index (κ3) is 2.67. The first-order chi connectivity index (χ1) is 7.65. The number of halogens is 1. The average molecular weight is 280 g/mol. The lowest BCUT2D eigenvalue weighted by molar-refractivity contribution is 0.490. The molecule has 0 aliphatic rings. The van der Waals surface area contributed by atoms with Crippen molar-refractivity contribution in [3.63, 3.8) is 0 Å². The van der Waals surface area contributed by atoms with Crippen LogP contribution in [0.3, 0.4) is 0 Å². The Bertz CT molecular complexity index is 490. The van der Waals surface area contributed by atoms with E-state index in [4.69, 9.17) is 4.42 Å². The normalized spacial score (nSPS) is 10.4. The highest BCUT2D eigenvalue weighted by Crippen LogP contribution is 2.24. The van der Waals surface area contributed by atoms with Crippen molar-refractivity contribution >= 4 is 21.6 Å². The van der Waals surface area contributed by atoms with Crippen LogP contribution in [0, 0.1) is 13.8 Å². The molecule has 0 unspecified atom stereocenters. The minimum absolute atomic E-state index is 0.704. The molecule has 0 fully saturated rings. The van der Waals surface area contributed by atoms with Crippen LogP contribution in [0.15, 0.2) is 39.2 Å². The molecule has 0 aliphatic carbocycles. The first-order valence-corrected chi connectivity index (χ1v) is 6.00. The van der Waals surface area contributed by atoms with Crippen LogP contribution >= 0.6 is 15.9 Å². The smallest absolute Gasteiger partial charge is 0.123 e. The van der Waals surface area contributed by atoms with E-state index in [1.54, 1.807) is 0 Å². The Morgan fingerprint density at radius 1 is 1.19 bits per heavy atom. The predicted octanol–water partition coefficient (Wildman–Crippen LogP) is 4.27. The van der Waals surface area contributed by atoms with E-state index in [1.165, 1.54) is 5.56 Å². The summed E-state index contributed by atoms with van der Waals surface area (Å²) in [5.74, 6) is 1.89. The van der Waals surface area contributed by atoms with E-state index < -0.39 is 0 Å². The van der Waals surface area contributed by atoms with Crippen LogP contribution in [0.4, 0.5) is 5.69 Å². The topological polar surface area (TPSA) is 25.2 Å². The molecule has 0 saturated heterocycles. The molecule has 2 rings (SSSR count). The standard InChI is InChI=1S/C13H14BrNO/c1-9-3-6-13(12(14)7-9)15-8-11-5-4-10(2)16-11/h3-7,15H,8H2,1-2H3. The van der Waals surface area contributed by atoms with E-state index in [9.17, 15) is 0 Å². The summed E-state index contributed by atoms with van der Waals surface area (Å²) in [5.41, 5.74) is 2.32. The number of rotatable bonds is 3. The summed E-state index contributed by atoms with van der Waals surface area (Å²) in [6.07, 6.45) is 0. The molecule has 16 heavy (non-hydrogen) atoms. The van der Waals surface area contributed by atoms with Crippen molar-refractivity contribution in [3.8, 4) is 0 Å². The molecule has 3 heteroatoms. The Morgan fingerprint density at radius 3 is 2.62 bits per heavy atom. The van der Waals surface area contributed by atoms with Gasteiger partial charge >= 0.3 is 0 Å². The number of hydrogen-bond acceptors (Lipinski definition) is 2. The SMILES string of the molecule is Cc1ccc(NCc2ccc(C)o2)c(Br)c1. The van der Waals surface area contributed by atoms with Crippen molar-refractivity contribution in [2.45, 2.75) is 20.4 Å². The zero-order valence-electron chi connectivity index (χ0n) is 9.38. The van der Waals surface area contributed by atoms with Crippen molar-refractivity contribution < 1.29 is 4.42 Å². The van der Waals surface area contributed by atoms with Gasteiger partial charge in [0.05, 0.1) is 6.54 Å². The van der Waals surface area contributed by atoms with E-state index in [-0.39, 0.29) is 0 Å². The van der Waals surface area contributed by atoms with Gasteiger partial charge in [0.2, 0.25) is 0 Å². The molecule has 0 bridgehead atoms. The van der Waals surface area contributed by atoms with Gasteiger partial charge in [-0.2, -0.15) is 0 Å². The number of furan rings is 1. The first kappa shape index (κ1) is 11.3. The molecule has 1 aromatic heterocycles. The third-order valence-corrected chi connectivity index (χ3v) is 3.03. The molecule has 0 saturated carbocycles. The summed E-state index contributed by atoms with van der Waals surface area (Å²) in [4.78, 5) is 0. The van der Waals surface area contributed by atoms with Crippen molar-refractivity contribution in [3.05, 3.63) is 51.9 Å². The van der Waals surface area contributed by atoms with Crippen LogP contribution < -0.4 is 5.32 Å². The van der Waals surface area contributed by atoms with Crippen LogP contribution in [0.25, 0.3) is 0 Å². The van der Waals surface area contributed by atoms with Crippen LogP contribution in [-0.4, -0.2) is 0 Å². The van der Waals surface area contributed by atoms with Gasteiger partial charge in [-0.05, 0) is 59.6 Å². The van der Waals surface area contributed by atoms with Crippen LogP contribution in [0.5, 0.6) is 0 Å². The average Bonchev–Trinajstić information content (AvgIpc) is 2.63. The lowest BCUT2D eigenvalue weighted by Gasteiger charge is -2.07. The van der Waals surface area contributed by atoms with E-state index in [0.29, 0.717) is 6.54 Å². The summed E-state index contributed by atoms with van der Waals surface area (Å²) in [5, 5.41) is 3.33. The molecule has 0 radical (unpaired) electrons. The van der Waals surface area contributed by atoms with Gasteiger partial charge in [-0.25, -0.2) is 0 Å². The van der Waals surface area contributed by atoms with Crippen LogP contribution in [-0.2, 0) is 6.54 Å². The van der Waals surface area contributed by atoms with Gasteiger partial charge < -0.3 is 9.73 Å². The Kier molecular flexibility index (Phi) is 3.34. The van der Waals surface area contributed by atoms with E-state index in [1.807, 2.05) is 19.1 Å². The largest absolute Gasteiger partial charge is 0.465 e.